The fourth-order valence-corrected chi connectivity index (χ4v) is 3.39. The SMILES string of the molecule is CCCCCC1COB(c2ccc(-c3ccc(Cl)c(Cl)c3)cc2)OC1. The van der Waals surface area contributed by atoms with Gasteiger partial charge in [-0.3, -0.25) is 0 Å². The highest BCUT2D eigenvalue weighted by molar-refractivity contribution is 6.61. The molecule has 25 heavy (non-hydrogen) atoms. The van der Waals surface area contributed by atoms with Crippen molar-refractivity contribution in [3.05, 3.63) is 52.5 Å². The maximum atomic E-state index is 6.10. The fraction of sp³-hybridized carbons (Fsp3) is 0.400. The molecule has 0 radical (unpaired) electrons. The smallest absolute Gasteiger partial charge is 0.407 e. The van der Waals surface area contributed by atoms with E-state index < -0.39 is 0 Å². The molecule has 1 fully saturated rings. The molecule has 0 bridgehead atoms. The highest BCUT2D eigenvalue weighted by Crippen LogP contribution is 2.28. The molecule has 1 saturated heterocycles. The summed E-state index contributed by atoms with van der Waals surface area (Å²) in [5.41, 5.74) is 3.19. The van der Waals surface area contributed by atoms with Crippen LogP contribution in [0.15, 0.2) is 42.5 Å². The first kappa shape index (κ1) is 18.8. The largest absolute Gasteiger partial charge is 0.493 e. The molecule has 2 aromatic carbocycles. The van der Waals surface area contributed by atoms with E-state index in [-0.39, 0.29) is 7.12 Å². The highest BCUT2D eigenvalue weighted by Gasteiger charge is 2.28. The second kappa shape index (κ2) is 9.09. The summed E-state index contributed by atoms with van der Waals surface area (Å²) in [6.45, 7) is 3.79. The summed E-state index contributed by atoms with van der Waals surface area (Å²) in [5.74, 6) is 0.526. The van der Waals surface area contributed by atoms with Gasteiger partial charge in [0.2, 0.25) is 0 Å². The van der Waals surface area contributed by atoms with Crippen LogP contribution in [0.2, 0.25) is 10.0 Å². The summed E-state index contributed by atoms with van der Waals surface area (Å²) >= 11 is 12.1. The van der Waals surface area contributed by atoms with Gasteiger partial charge in [-0.25, -0.2) is 0 Å². The Morgan fingerprint density at radius 1 is 0.920 bits per heavy atom. The summed E-state index contributed by atoms with van der Waals surface area (Å²) in [6.07, 6.45) is 4.99. The normalized spacial score (nSPS) is 15.6. The molecule has 1 aliphatic heterocycles. The third kappa shape index (κ3) is 5.01. The number of halogens is 2. The Morgan fingerprint density at radius 3 is 2.24 bits per heavy atom. The van der Waals surface area contributed by atoms with E-state index in [4.69, 9.17) is 32.5 Å². The van der Waals surface area contributed by atoms with Gasteiger partial charge in [0.25, 0.3) is 0 Å². The van der Waals surface area contributed by atoms with E-state index in [9.17, 15) is 0 Å². The molecule has 0 atom stereocenters. The lowest BCUT2D eigenvalue weighted by atomic mass is 9.76. The lowest BCUT2D eigenvalue weighted by Crippen LogP contribution is -2.44. The Morgan fingerprint density at radius 2 is 1.60 bits per heavy atom. The van der Waals surface area contributed by atoms with Gasteiger partial charge in [0, 0.05) is 19.1 Å². The van der Waals surface area contributed by atoms with Crippen molar-refractivity contribution in [3.8, 4) is 11.1 Å². The molecule has 0 spiro atoms. The van der Waals surface area contributed by atoms with E-state index in [2.05, 4.69) is 31.2 Å². The van der Waals surface area contributed by atoms with Crippen LogP contribution >= 0.6 is 23.2 Å². The molecule has 0 saturated carbocycles. The van der Waals surface area contributed by atoms with Gasteiger partial charge in [0.05, 0.1) is 10.0 Å². The number of hydrogen-bond donors (Lipinski definition) is 0. The zero-order valence-corrected chi connectivity index (χ0v) is 16.0. The Labute approximate surface area is 160 Å². The van der Waals surface area contributed by atoms with Crippen molar-refractivity contribution < 1.29 is 9.31 Å². The monoisotopic (exact) mass is 376 g/mol. The molecule has 132 valence electrons. The van der Waals surface area contributed by atoms with E-state index in [0.717, 1.165) is 29.8 Å². The molecular weight excluding hydrogens is 354 g/mol. The van der Waals surface area contributed by atoms with Gasteiger partial charge in [-0.05, 0) is 35.1 Å². The molecule has 0 amide bonds. The standard InChI is InChI=1S/C20H23BCl2O2/c1-2-3-4-5-15-13-24-21(25-14-15)18-9-6-16(7-10-18)17-8-11-19(22)20(23)12-17/h6-12,15H,2-5,13-14H2,1H3. The molecule has 0 N–H and O–H groups in total. The van der Waals surface area contributed by atoms with Crippen molar-refractivity contribution in [1.29, 1.82) is 0 Å². The first-order valence-electron chi connectivity index (χ1n) is 8.96. The highest BCUT2D eigenvalue weighted by atomic mass is 35.5. The predicted molar refractivity (Wildman–Crippen MR) is 107 cm³/mol. The van der Waals surface area contributed by atoms with Crippen molar-refractivity contribution in [3.63, 3.8) is 0 Å². The van der Waals surface area contributed by atoms with Gasteiger partial charge in [-0.2, -0.15) is 0 Å². The molecule has 2 aromatic rings. The number of hydrogen-bond acceptors (Lipinski definition) is 2. The average molecular weight is 377 g/mol. The van der Waals surface area contributed by atoms with Crippen LogP contribution < -0.4 is 5.46 Å². The Kier molecular flexibility index (Phi) is 6.83. The van der Waals surface area contributed by atoms with Crippen LogP contribution in [0, 0.1) is 5.92 Å². The van der Waals surface area contributed by atoms with Gasteiger partial charge < -0.3 is 9.31 Å². The van der Waals surface area contributed by atoms with Gasteiger partial charge in [0.1, 0.15) is 0 Å². The van der Waals surface area contributed by atoms with Crippen molar-refractivity contribution in [2.45, 2.75) is 32.6 Å². The van der Waals surface area contributed by atoms with Gasteiger partial charge in [0.15, 0.2) is 0 Å². The molecule has 1 heterocycles. The van der Waals surface area contributed by atoms with E-state index in [0.29, 0.717) is 16.0 Å². The first-order chi connectivity index (χ1) is 12.2. The predicted octanol–water partition coefficient (Wildman–Crippen LogP) is 5.60. The molecule has 1 aliphatic rings. The Bertz CT molecular complexity index is 683. The zero-order valence-electron chi connectivity index (χ0n) is 14.5. The van der Waals surface area contributed by atoms with Crippen LogP contribution in [0.3, 0.4) is 0 Å². The van der Waals surface area contributed by atoms with Crippen molar-refractivity contribution >= 4 is 35.8 Å². The summed E-state index contributed by atoms with van der Waals surface area (Å²) < 4.78 is 11.9. The lowest BCUT2D eigenvalue weighted by Gasteiger charge is -2.27. The quantitative estimate of drug-likeness (QED) is 0.482. The molecule has 0 aliphatic carbocycles. The maximum Gasteiger partial charge on any atom is 0.493 e. The van der Waals surface area contributed by atoms with E-state index in [1.54, 1.807) is 0 Å². The van der Waals surface area contributed by atoms with Gasteiger partial charge in [-0.1, -0.05) is 79.7 Å². The average Bonchev–Trinajstić information content (AvgIpc) is 2.65. The molecule has 0 aromatic heterocycles. The van der Waals surface area contributed by atoms with Crippen LogP contribution in [0.1, 0.15) is 32.6 Å². The molecule has 5 heteroatoms. The Hall–Kier alpha value is -0.995. The minimum atomic E-state index is -0.259. The summed E-state index contributed by atoms with van der Waals surface area (Å²) in [5, 5.41) is 1.14. The third-order valence-electron chi connectivity index (χ3n) is 4.62. The fourth-order valence-electron chi connectivity index (χ4n) is 3.09. The van der Waals surface area contributed by atoms with Crippen LogP contribution in [0.4, 0.5) is 0 Å². The van der Waals surface area contributed by atoms with Gasteiger partial charge in [-0.15, -0.1) is 0 Å². The van der Waals surface area contributed by atoms with Crippen molar-refractivity contribution in [2.75, 3.05) is 13.2 Å². The topological polar surface area (TPSA) is 18.5 Å². The summed E-state index contributed by atoms with van der Waals surface area (Å²) in [4.78, 5) is 0. The van der Waals surface area contributed by atoms with Crippen LogP contribution in [0.5, 0.6) is 0 Å². The summed E-state index contributed by atoms with van der Waals surface area (Å²) in [7, 11) is -0.259. The van der Waals surface area contributed by atoms with E-state index in [1.165, 1.54) is 25.7 Å². The van der Waals surface area contributed by atoms with E-state index >= 15 is 0 Å². The first-order valence-corrected chi connectivity index (χ1v) is 9.71. The van der Waals surface area contributed by atoms with Gasteiger partial charge >= 0.3 is 7.12 Å². The van der Waals surface area contributed by atoms with Crippen molar-refractivity contribution in [1.82, 2.24) is 0 Å². The molecule has 0 unspecified atom stereocenters. The number of unbranched alkanes of at least 4 members (excludes halogenated alkanes) is 2. The molecule has 2 nitrogen and oxygen atoms in total. The zero-order chi connectivity index (χ0) is 17.6. The van der Waals surface area contributed by atoms with Crippen LogP contribution in [-0.2, 0) is 9.31 Å². The molecular formula is C20H23BCl2O2. The maximum absolute atomic E-state index is 6.10. The van der Waals surface area contributed by atoms with Crippen LogP contribution in [0.25, 0.3) is 11.1 Å². The second-order valence-electron chi connectivity index (χ2n) is 6.61. The van der Waals surface area contributed by atoms with E-state index in [1.807, 2.05) is 18.2 Å². The van der Waals surface area contributed by atoms with Crippen molar-refractivity contribution in [2.24, 2.45) is 5.92 Å². The lowest BCUT2D eigenvalue weighted by molar-refractivity contribution is 0.0811. The number of rotatable bonds is 6. The third-order valence-corrected chi connectivity index (χ3v) is 5.36. The minimum Gasteiger partial charge on any atom is -0.407 e. The van der Waals surface area contributed by atoms with Crippen LogP contribution in [-0.4, -0.2) is 20.3 Å². The second-order valence-corrected chi connectivity index (χ2v) is 7.43. The molecule has 3 rings (SSSR count). The summed E-state index contributed by atoms with van der Waals surface area (Å²) in [6, 6.07) is 13.9. The Balaban J connectivity index is 1.59. The minimum absolute atomic E-state index is 0.259. The number of benzene rings is 2.